The normalized spacial score (nSPS) is 36.3. The van der Waals surface area contributed by atoms with Crippen LogP contribution in [0.1, 0.15) is 156 Å². The molecule has 8 heterocycles. The summed E-state index contributed by atoms with van der Waals surface area (Å²) in [6.45, 7) is 35.4. The molecule has 1 aromatic rings. The van der Waals surface area contributed by atoms with Gasteiger partial charge in [-0.15, -0.1) is 0 Å². The van der Waals surface area contributed by atoms with E-state index >= 15 is 0 Å². The zero-order chi connectivity index (χ0) is 54.0. The highest BCUT2D eigenvalue weighted by Gasteiger charge is 2.69. The van der Waals surface area contributed by atoms with Gasteiger partial charge in [-0.05, 0) is 127 Å². The van der Waals surface area contributed by atoms with Crippen molar-refractivity contribution in [1.29, 1.82) is 0 Å². The van der Waals surface area contributed by atoms with Crippen molar-refractivity contribution in [2.45, 2.75) is 267 Å². The van der Waals surface area contributed by atoms with Crippen LogP contribution in [0.4, 0.5) is 0 Å². The predicted molar refractivity (Wildman–Crippen MR) is 301 cm³/mol. The summed E-state index contributed by atoms with van der Waals surface area (Å²) in [6, 6.07) is 12.5. The number of rotatable bonds is 26. The van der Waals surface area contributed by atoms with Crippen LogP contribution in [0.5, 0.6) is 0 Å². The van der Waals surface area contributed by atoms with E-state index in [9.17, 15) is 9.59 Å². The quantitative estimate of drug-likeness (QED) is 0.0379. The van der Waals surface area contributed by atoms with E-state index in [1.54, 1.807) is 12.1 Å². The molecule has 0 N–H and O–H groups in total. The molecule has 18 atom stereocenters. The molecular formula is C60H95BrO12Si2. The largest absolute Gasteiger partial charge is 0.458 e. The van der Waals surface area contributed by atoms with E-state index in [-0.39, 0.29) is 89.7 Å². The van der Waals surface area contributed by atoms with Crippen LogP contribution in [0, 0.1) is 23.7 Å². The van der Waals surface area contributed by atoms with Gasteiger partial charge in [0.2, 0.25) is 0 Å². The molecule has 0 amide bonds. The smallest absolute Gasteiger partial charge is 0.338 e. The first-order valence-corrected chi connectivity index (χ1v) is 35.5. The third kappa shape index (κ3) is 13.9. The first-order chi connectivity index (χ1) is 35.6. The second-order valence-electron chi connectivity index (χ2n) is 25.5. The van der Waals surface area contributed by atoms with Gasteiger partial charge in [0.25, 0.3) is 0 Å². The zero-order valence-electron chi connectivity index (χ0n) is 47.6. The van der Waals surface area contributed by atoms with Crippen LogP contribution < -0.4 is 0 Å². The monoisotopic (exact) mass is 1140 g/mol. The van der Waals surface area contributed by atoms with E-state index in [2.05, 4.69) is 104 Å². The van der Waals surface area contributed by atoms with E-state index in [4.69, 9.17) is 46.7 Å². The second-order valence-corrected chi connectivity index (χ2v) is 36.2. The van der Waals surface area contributed by atoms with Gasteiger partial charge in [0.15, 0.2) is 22.4 Å². The number of carbonyl (C=O) groups is 2. The summed E-state index contributed by atoms with van der Waals surface area (Å²) in [5, 5.41) is 0.135. The molecule has 8 fully saturated rings. The molecule has 0 spiro atoms. The lowest BCUT2D eigenvalue weighted by atomic mass is 9.78. The maximum absolute atomic E-state index is 14.6. The number of carbonyl (C=O) groups excluding carboxylic acids is 2. The van der Waals surface area contributed by atoms with Gasteiger partial charge in [-0.2, -0.15) is 0 Å². The molecule has 9 rings (SSSR count). The molecule has 15 heteroatoms. The fraction of sp³-hybridized carbons (Fsp3) is 0.800. The molecule has 8 aliphatic rings. The number of ether oxygens (including phenoxy) is 8. The number of fused-ring (bicyclic) bond motifs is 1. The first kappa shape index (κ1) is 59.5. The molecule has 0 aliphatic carbocycles. The summed E-state index contributed by atoms with van der Waals surface area (Å²) in [6.07, 6.45) is 5.76. The number of halogens is 1. The Morgan fingerprint density at radius 1 is 0.853 bits per heavy atom. The number of benzene rings is 1. The highest BCUT2D eigenvalue weighted by atomic mass is 79.9. The Balaban J connectivity index is 0.919. The van der Waals surface area contributed by atoms with E-state index < -0.39 is 40.7 Å². The van der Waals surface area contributed by atoms with E-state index in [0.717, 1.165) is 73.3 Å². The third-order valence-electron chi connectivity index (χ3n) is 19.3. The Morgan fingerprint density at radius 2 is 1.55 bits per heavy atom. The van der Waals surface area contributed by atoms with Crippen molar-refractivity contribution >= 4 is 44.3 Å². The van der Waals surface area contributed by atoms with Gasteiger partial charge in [-0.25, -0.2) is 4.79 Å². The lowest BCUT2D eigenvalue weighted by molar-refractivity contribution is -0.292. The minimum absolute atomic E-state index is 0.0000850. The van der Waals surface area contributed by atoms with Crippen molar-refractivity contribution < 1.29 is 56.3 Å². The van der Waals surface area contributed by atoms with Crippen LogP contribution in [-0.2, 0) is 51.5 Å². The number of esters is 1. The minimum atomic E-state index is -1.92. The second kappa shape index (κ2) is 25.0. The Kier molecular flexibility index (Phi) is 19.9. The Bertz CT molecular complexity index is 2090. The van der Waals surface area contributed by atoms with Crippen molar-refractivity contribution in [2.24, 2.45) is 23.7 Å². The molecule has 0 radical (unpaired) electrons. The topological polar surface area (TPSA) is 126 Å². The standard InChI is InChI=1S/C60H95BrO12Si2/c1-14-75(15-2,16-3)64-28-20-23-44-30-38(5)40(7)50(66-44)34-51-47(41(8)49(69-51)29-37(4)36-65-74(12,13)59(9,10)11)33-43(62)32-45-24-25-48-53(67-45)57-56-55(70-48)54-52(71-56)35-60(72-54,73-57)27-26-46(31-39(6)61)68-58(63)42-21-18-17-19-22-42/h17-19,21-22,37-38,41,44-57H,6-7,14-16,20,23-36H2,1-5,8-13H3/t37-,38+,41+,44-,45+,46-,47?,48-,49+,50+,51?,52+,53-,54-,55-,56+,57?,60-/m0/s1. The molecule has 1 aromatic carbocycles. The maximum Gasteiger partial charge on any atom is 0.338 e. The van der Waals surface area contributed by atoms with Gasteiger partial charge in [-0.1, -0.05) is 110 Å². The molecule has 0 aromatic heterocycles. The van der Waals surface area contributed by atoms with Crippen molar-refractivity contribution in [3.05, 3.63) is 59.1 Å². The molecule has 8 aliphatic heterocycles. The molecule has 422 valence electrons. The van der Waals surface area contributed by atoms with Gasteiger partial charge in [-0.3, -0.25) is 4.79 Å². The Labute approximate surface area is 461 Å². The van der Waals surface area contributed by atoms with Crippen LogP contribution in [0.2, 0.25) is 36.3 Å². The molecule has 12 nitrogen and oxygen atoms in total. The Hall–Kier alpha value is -1.61. The van der Waals surface area contributed by atoms with Gasteiger partial charge in [0.05, 0.1) is 48.3 Å². The SMILES string of the molecule is C=C(Br)C[C@H](CC[C@@]12C[C@H]3O[C@H]4C(O1)[C@H]1O[C@@H](CC(=O)CC5C(C[C@H]6O[C@@H](CCCO[Si](CC)(CC)CC)C[C@@H](C)C6=C)O[C@H](C[C@H](C)CO[Si](C)(C)C(C)(C)C)[C@@H]5C)CC[C@@H]1O[C@H]4[C@H]3O2)OC(=O)c1ccccc1. The van der Waals surface area contributed by atoms with Gasteiger partial charge in [0.1, 0.15) is 42.4 Å². The van der Waals surface area contributed by atoms with Crippen molar-refractivity contribution in [3.8, 4) is 0 Å². The average Bonchev–Trinajstić information content (AvgIpc) is 3.98. The number of ketones is 1. The van der Waals surface area contributed by atoms with Crippen molar-refractivity contribution in [2.75, 3.05) is 13.2 Å². The summed E-state index contributed by atoms with van der Waals surface area (Å²) in [7, 11) is -3.57. The number of Topliss-reactive ketones (excluding diaryl/α,β-unsaturated/α-hetero) is 1. The highest BCUT2D eigenvalue weighted by Crippen LogP contribution is 2.54. The van der Waals surface area contributed by atoms with Crippen LogP contribution >= 0.6 is 15.9 Å². The predicted octanol–water partition coefficient (Wildman–Crippen LogP) is 13.2. The molecule has 6 bridgehead atoms. The Morgan fingerprint density at radius 3 is 2.24 bits per heavy atom. The highest BCUT2D eigenvalue weighted by molar-refractivity contribution is 9.11. The number of hydrogen-bond donors (Lipinski definition) is 0. The van der Waals surface area contributed by atoms with Crippen LogP contribution in [0.25, 0.3) is 0 Å². The van der Waals surface area contributed by atoms with E-state index in [1.165, 1.54) is 0 Å². The van der Waals surface area contributed by atoms with E-state index in [1.807, 2.05) is 18.2 Å². The van der Waals surface area contributed by atoms with Crippen LogP contribution in [-0.4, -0.2) is 127 Å². The summed E-state index contributed by atoms with van der Waals surface area (Å²) in [4.78, 5) is 27.8. The summed E-state index contributed by atoms with van der Waals surface area (Å²) < 4.78 is 68.7. The fourth-order valence-electron chi connectivity index (χ4n) is 13.3. The van der Waals surface area contributed by atoms with Crippen molar-refractivity contribution in [1.82, 2.24) is 0 Å². The van der Waals surface area contributed by atoms with E-state index in [0.29, 0.717) is 69.0 Å². The molecule has 8 saturated heterocycles. The third-order valence-corrected chi connectivity index (χ3v) is 28.8. The maximum atomic E-state index is 14.6. The molecular weight excluding hydrogens is 1050 g/mol. The van der Waals surface area contributed by atoms with Gasteiger partial charge < -0.3 is 46.7 Å². The minimum Gasteiger partial charge on any atom is -0.458 e. The van der Waals surface area contributed by atoms with Gasteiger partial charge >= 0.3 is 5.97 Å². The van der Waals surface area contributed by atoms with Crippen LogP contribution in [0.3, 0.4) is 0 Å². The van der Waals surface area contributed by atoms with Gasteiger partial charge in [0, 0.05) is 51.7 Å². The zero-order valence-corrected chi connectivity index (χ0v) is 51.2. The molecule has 75 heavy (non-hydrogen) atoms. The van der Waals surface area contributed by atoms with Crippen molar-refractivity contribution in [3.63, 3.8) is 0 Å². The first-order valence-electron chi connectivity index (χ1n) is 29.3. The molecule has 0 saturated carbocycles. The summed E-state index contributed by atoms with van der Waals surface area (Å²) >= 11 is 3.51. The summed E-state index contributed by atoms with van der Waals surface area (Å²) in [5.74, 6) is -0.303. The van der Waals surface area contributed by atoms with Crippen LogP contribution in [0.15, 0.2) is 53.5 Å². The number of hydrogen-bond acceptors (Lipinski definition) is 12. The molecule has 3 unspecified atom stereocenters. The lowest BCUT2D eigenvalue weighted by Gasteiger charge is -2.47. The average molecular weight is 1140 g/mol. The summed E-state index contributed by atoms with van der Waals surface area (Å²) in [5.41, 5.74) is 1.64. The lowest BCUT2D eigenvalue weighted by Crippen LogP contribution is -2.61. The fourth-order valence-corrected chi connectivity index (χ4v) is 17.4.